The van der Waals surface area contributed by atoms with E-state index in [1.54, 1.807) is 0 Å². The highest BCUT2D eigenvalue weighted by atomic mass is 19.4. The van der Waals surface area contributed by atoms with Crippen molar-refractivity contribution in [1.29, 1.82) is 0 Å². The summed E-state index contributed by atoms with van der Waals surface area (Å²) in [4.78, 5) is 24.1. The molecule has 9 nitrogen and oxygen atoms in total. The van der Waals surface area contributed by atoms with Crippen LogP contribution in [0.3, 0.4) is 0 Å². The summed E-state index contributed by atoms with van der Waals surface area (Å²) in [5.74, 6) is -2.77. The van der Waals surface area contributed by atoms with Crippen molar-refractivity contribution in [2.45, 2.75) is 63.9 Å². The zero-order valence-corrected chi connectivity index (χ0v) is 27.9. The first-order valence-electron chi connectivity index (χ1n) is 15.3. The Morgan fingerprint density at radius 3 is 1.92 bits per heavy atom. The first-order valence-corrected chi connectivity index (χ1v) is 15.3. The summed E-state index contributed by atoms with van der Waals surface area (Å²) in [5, 5.41) is 19.4. The van der Waals surface area contributed by atoms with E-state index in [4.69, 9.17) is 14.6 Å². The number of nitrogens with zero attached hydrogens (tertiary/aromatic N) is 4. The van der Waals surface area contributed by atoms with E-state index in [1.165, 1.54) is 13.8 Å². The number of aromatic nitrogens is 3. The smallest absolute Gasteiger partial charge is 0.416 e. The molecule has 0 atom stereocenters. The SMILES string of the molecule is COc1cc(F)c(C(C)(C)O)nc1-c1ccc(C(F)(F)F)cc1CN(Cc1cc(C(F)(F)F)cc(C(F)(F)F)c1)c1ncc(OCCCC(=O)O)cn1. The maximum absolute atomic E-state index is 14.9. The summed E-state index contributed by atoms with van der Waals surface area (Å²) in [6.45, 7) is 0.784. The van der Waals surface area contributed by atoms with Crippen LogP contribution in [-0.2, 0) is 42.0 Å². The molecule has 2 N–H and O–H groups in total. The second-order valence-electron chi connectivity index (χ2n) is 12.1. The van der Waals surface area contributed by atoms with Gasteiger partial charge in [0.25, 0.3) is 0 Å². The molecule has 0 bridgehead atoms. The van der Waals surface area contributed by atoms with Crippen molar-refractivity contribution in [1.82, 2.24) is 15.0 Å². The van der Waals surface area contributed by atoms with Crippen LogP contribution in [0.25, 0.3) is 11.3 Å². The number of carboxylic acids is 1. The third-order valence-corrected chi connectivity index (χ3v) is 7.51. The Morgan fingerprint density at radius 2 is 1.42 bits per heavy atom. The molecule has 0 unspecified atom stereocenters. The molecule has 0 saturated carbocycles. The number of aliphatic hydroxyl groups is 1. The summed E-state index contributed by atoms with van der Waals surface area (Å²) < 4.78 is 150. The quantitative estimate of drug-likeness (QED) is 0.102. The van der Waals surface area contributed by atoms with Crippen LogP contribution in [-0.4, -0.2) is 44.9 Å². The highest BCUT2D eigenvalue weighted by molar-refractivity contribution is 5.71. The number of ether oxygens (including phenoxy) is 2. The maximum atomic E-state index is 14.9. The van der Waals surface area contributed by atoms with E-state index in [-0.39, 0.29) is 59.8 Å². The van der Waals surface area contributed by atoms with E-state index in [0.29, 0.717) is 24.3 Å². The van der Waals surface area contributed by atoms with Crippen LogP contribution >= 0.6 is 0 Å². The van der Waals surface area contributed by atoms with Crippen LogP contribution < -0.4 is 14.4 Å². The van der Waals surface area contributed by atoms with Crippen LogP contribution in [0.2, 0.25) is 0 Å². The molecule has 4 aromatic rings. The number of anilines is 1. The molecule has 0 fully saturated rings. The van der Waals surface area contributed by atoms with Crippen LogP contribution in [0, 0.1) is 5.82 Å². The number of benzene rings is 2. The summed E-state index contributed by atoms with van der Waals surface area (Å²) in [6.07, 6.45) is -13.4. The predicted molar refractivity (Wildman–Crippen MR) is 167 cm³/mol. The molecule has 0 saturated heterocycles. The van der Waals surface area contributed by atoms with Crippen molar-refractivity contribution in [2.24, 2.45) is 0 Å². The van der Waals surface area contributed by atoms with Crippen LogP contribution in [0.4, 0.5) is 49.9 Å². The number of halogens is 10. The summed E-state index contributed by atoms with van der Waals surface area (Å²) in [7, 11) is 1.12. The van der Waals surface area contributed by atoms with Gasteiger partial charge >= 0.3 is 24.5 Å². The second kappa shape index (κ2) is 15.4. The van der Waals surface area contributed by atoms with E-state index >= 15 is 0 Å². The number of hydrogen-bond donors (Lipinski definition) is 2. The number of hydrogen-bond acceptors (Lipinski definition) is 8. The average molecular weight is 765 g/mol. The van der Waals surface area contributed by atoms with Crippen LogP contribution in [0.1, 0.15) is 60.2 Å². The lowest BCUT2D eigenvalue weighted by molar-refractivity contribution is -0.143. The first-order chi connectivity index (χ1) is 24.5. The number of methoxy groups -OCH3 is 1. The van der Waals surface area contributed by atoms with Gasteiger partial charge in [-0.05, 0) is 61.7 Å². The Labute approximate surface area is 294 Å². The third-order valence-electron chi connectivity index (χ3n) is 7.51. The first kappa shape index (κ1) is 40.6. The highest BCUT2D eigenvalue weighted by Gasteiger charge is 2.37. The fraction of sp³-hybridized carbons (Fsp3) is 0.353. The van der Waals surface area contributed by atoms with Crippen molar-refractivity contribution in [3.8, 4) is 22.8 Å². The van der Waals surface area contributed by atoms with Gasteiger partial charge in [-0.3, -0.25) is 4.79 Å². The molecule has 0 spiro atoms. The van der Waals surface area contributed by atoms with Gasteiger partial charge in [-0.15, -0.1) is 0 Å². The Bertz CT molecular complexity index is 1890. The van der Waals surface area contributed by atoms with E-state index in [9.17, 15) is 53.8 Å². The molecule has 19 heteroatoms. The molecule has 0 radical (unpaired) electrons. The predicted octanol–water partition coefficient (Wildman–Crippen LogP) is 8.42. The molecule has 2 heterocycles. The van der Waals surface area contributed by atoms with E-state index in [2.05, 4.69) is 15.0 Å². The van der Waals surface area contributed by atoms with Crippen molar-refractivity contribution < 1.29 is 68.4 Å². The van der Waals surface area contributed by atoms with Crippen molar-refractivity contribution in [3.63, 3.8) is 0 Å². The topological polar surface area (TPSA) is 118 Å². The minimum Gasteiger partial charge on any atom is -0.494 e. The Hall–Kier alpha value is -5.20. The largest absolute Gasteiger partial charge is 0.494 e. The summed E-state index contributed by atoms with van der Waals surface area (Å²) in [6, 6.07) is 3.93. The molecule has 0 aliphatic rings. The van der Waals surface area contributed by atoms with E-state index in [1.807, 2.05) is 0 Å². The fourth-order valence-electron chi connectivity index (χ4n) is 5.08. The fourth-order valence-corrected chi connectivity index (χ4v) is 5.08. The minimum atomic E-state index is -5.21. The van der Waals surface area contributed by atoms with Gasteiger partial charge < -0.3 is 24.6 Å². The van der Waals surface area contributed by atoms with E-state index in [0.717, 1.165) is 36.5 Å². The van der Waals surface area contributed by atoms with Gasteiger partial charge in [-0.25, -0.2) is 19.3 Å². The molecule has 286 valence electrons. The molecular formula is C34H30F10N4O5. The van der Waals surface area contributed by atoms with Crippen LogP contribution in [0.15, 0.2) is 54.9 Å². The lowest BCUT2D eigenvalue weighted by Gasteiger charge is -2.26. The molecular weight excluding hydrogens is 734 g/mol. The number of carbonyl (C=O) groups is 1. The van der Waals surface area contributed by atoms with E-state index < -0.39 is 77.0 Å². The minimum absolute atomic E-state index is 0.00308. The molecule has 2 aromatic heterocycles. The summed E-state index contributed by atoms with van der Waals surface area (Å²) >= 11 is 0. The monoisotopic (exact) mass is 764 g/mol. The second-order valence-corrected chi connectivity index (χ2v) is 12.1. The Morgan fingerprint density at radius 1 is 0.830 bits per heavy atom. The van der Waals surface area contributed by atoms with Crippen molar-refractivity contribution in [2.75, 3.05) is 18.6 Å². The van der Waals surface area contributed by atoms with Crippen molar-refractivity contribution in [3.05, 3.63) is 94.2 Å². The normalized spacial score (nSPS) is 12.5. The molecule has 4 rings (SSSR count). The summed E-state index contributed by atoms with van der Waals surface area (Å²) in [5.41, 5.74) is -8.14. The number of rotatable bonds is 13. The number of carboxylic acid groups (broad SMARTS) is 1. The third kappa shape index (κ3) is 10.5. The molecule has 0 aliphatic carbocycles. The number of pyridine rings is 1. The van der Waals surface area contributed by atoms with Gasteiger partial charge in [0.2, 0.25) is 5.95 Å². The van der Waals surface area contributed by atoms with Crippen LogP contribution in [0.5, 0.6) is 11.5 Å². The zero-order chi connectivity index (χ0) is 39.5. The lowest BCUT2D eigenvalue weighted by atomic mass is 9.97. The number of alkyl halides is 9. The van der Waals surface area contributed by atoms with Gasteiger partial charge in [0.1, 0.15) is 22.7 Å². The number of aliphatic carboxylic acids is 1. The van der Waals surface area contributed by atoms with Gasteiger partial charge in [0.15, 0.2) is 11.6 Å². The maximum Gasteiger partial charge on any atom is 0.416 e. The highest BCUT2D eigenvalue weighted by Crippen LogP contribution is 2.40. The molecule has 2 aromatic carbocycles. The molecule has 53 heavy (non-hydrogen) atoms. The lowest BCUT2D eigenvalue weighted by Crippen LogP contribution is -2.26. The average Bonchev–Trinajstić information content (AvgIpc) is 3.04. The van der Waals surface area contributed by atoms with Gasteiger partial charge in [-0.1, -0.05) is 6.07 Å². The van der Waals surface area contributed by atoms with Gasteiger partial charge in [0, 0.05) is 31.1 Å². The molecule has 0 amide bonds. The zero-order valence-electron chi connectivity index (χ0n) is 27.9. The standard InChI is InChI=1S/C34H30F10N4O5/c1-31(2,51)29-25(35)13-26(52-3)28(47-29)24-7-6-20(32(36,37)38)11-19(24)17-48(30-45-14-23(15-46-30)53-8-4-5-27(49)50)16-18-9-21(33(39,40)41)12-22(10-18)34(42,43)44/h6-7,9-15,51H,4-5,8,16-17H2,1-3H3,(H,49,50). The van der Waals surface area contributed by atoms with Gasteiger partial charge in [0.05, 0.1) is 42.8 Å². The van der Waals surface area contributed by atoms with Gasteiger partial charge in [-0.2, -0.15) is 39.5 Å². The Kier molecular flexibility index (Phi) is 11.8. The van der Waals surface area contributed by atoms with Crippen molar-refractivity contribution >= 4 is 11.9 Å². The molecule has 0 aliphatic heterocycles. The Balaban J connectivity index is 1.91.